The maximum atomic E-state index is 6.67. The van der Waals surface area contributed by atoms with Gasteiger partial charge in [-0.05, 0) is 36.4 Å². The van der Waals surface area contributed by atoms with E-state index in [4.69, 9.17) is 23.5 Å². The second-order valence-corrected chi connectivity index (χ2v) is 19.6. The first-order chi connectivity index (χ1) is 21.8. The van der Waals surface area contributed by atoms with Crippen molar-refractivity contribution in [2.24, 2.45) is 4.99 Å². The number of oxazole rings is 1. The Balaban J connectivity index is 1.65. The van der Waals surface area contributed by atoms with E-state index in [9.17, 15) is 0 Å². The van der Waals surface area contributed by atoms with Gasteiger partial charge in [0, 0.05) is 77.0 Å². The maximum Gasteiger partial charge on any atom is 0.253 e. The number of rotatable bonds is 7. The summed E-state index contributed by atoms with van der Waals surface area (Å²) in [5.74, 6) is 3.64. The molecule has 3 aromatic rings. The van der Waals surface area contributed by atoms with E-state index in [-0.39, 0.29) is 0 Å². The van der Waals surface area contributed by atoms with Crippen LogP contribution in [0.25, 0.3) is 10.6 Å². The summed E-state index contributed by atoms with van der Waals surface area (Å²) < 4.78 is 31.0. The molecule has 8 rings (SSSR count). The van der Waals surface area contributed by atoms with Crippen molar-refractivity contribution in [3.05, 3.63) is 64.9 Å². The third kappa shape index (κ3) is 3.56. The van der Waals surface area contributed by atoms with Gasteiger partial charge in [-0.2, -0.15) is 11.8 Å². The Morgan fingerprint density at radius 1 is 0.773 bits per heavy atom. The molecule has 0 aromatic carbocycles. The molecule has 0 radical (unpaired) electrons. The Morgan fingerprint density at radius 3 is 2.20 bits per heavy atom. The molecule has 4 fully saturated rings. The molecule has 0 aliphatic carbocycles. The highest BCUT2D eigenvalue weighted by atomic mass is 32.4. The quantitative estimate of drug-likeness (QED) is 0.378. The predicted molar refractivity (Wildman–Crippen MR) is 182 cm³/mol. The molecule has 0 bridgehead atoms. The molecule has 0 amide bonds. The zero-order valence-electron chi connectivity index (χ0n) is 25.3. The van der Waals surface area contributed by atoms with E-state index in [1.165, 1.54) is 11.3 Å². The topological polar surface area (TPSA) is 85.8 Å². The second kappa shape index (κ2) is 11.4. The summed E-state index contributed by atoms with van der Waals surface area (Å²) in [6, 6.07) is 8.60. The van der Waals surface area contributed by atoms with Crippen molar-refractivity contribution in [1.82, 2.24) is 27.5 Å². The van der Waals surface area contributed by atoms with Crippen molar-refractivity contribution in [3.63, 3.8) is 0 Å². The van der Waals surface area contributed by atoms with Crippen molar-refractivity contribution in [3.8, 4) is 0 Å². The summed E-state index contributed by atoms with van der Waals surface area (Å²) in [5, 5.41) is 6.85. The fourth-order valence-corrected chi connectivity index (χ4v) is 21.0. The van der Waals surface area contributed by atoms with E-state index in [0.717, 1.165) is 111 Å². The molecule has 5 aliphatic heterocycles. The Labute approximate surface area is 267 Å². The van der Waals surface area contributed by atoms with Gasteiger partial charge in [-0.15, -0.1) is 11.3 Å². The molecule has 3 aromatic heterocycles. The minimum absolute atomic E-state index is 0.621. The van der Waals surface area contributed by atoms with Crippen molar-refractivity contribution in [2.75, 3.05) is 90.2 Å². The smallest absolute Gasteiger partial charge is 0.253 e. The van der Waals surface area contributed by atoms with Crippen LogP contribution in [-0.2, 0) is 4.74 Å². The van der Waals surface area contributed by atoms with E-state index >= 15 is 0 Å². The Bertz CT molecular complexity index is 1410. The van der Waals surface area contributed by atoms with E-state index in [2.05, 4.69) is 57.9 Å². The molecule has 13 heteroatoms. The number of nitrogens with zero attached hydrogens (tertiary/aromatic N) is 6. The largest absolute Gasteiger partial charge is 0.464 e. The van der Waals surface area contributed by atoms with Crippen LogP contribution in [0, 0.1) is 0 Å². The Kier molecular flexibility index (Phi) is 7.63. The van der Waals surface area contributed by atoms with Gasteiger partial charge in [0.05, 0.1) is 35.5 Å². The van der Waals surface area contributed by atoms with Crippen LogP contribution in [-0.4, -0.2) is 117 Å². The van der Waals surface area contributed by atoms with Crippen LogP contribution in [0.3, 0.4) is 0 Å². The lowest BCUT2D eigenvalue weighted by atomic mass is 10.2. The molecule has 4 saturated heterocycles. The van der Waals surface area contributed by atoms with Gasteiger partial charge in [-0.1, -0.05) is 21.5 Å². The fourth-order valence-electron chi connectivity index (χ4n) is 8.78. The zero-order valence-corrected chi connectivity index (χ0v) is 27.7. The second-order valence-electron chi connectivity index (χ2n) is 12.0. The van der Waals surface area contributed by atoms with Gasteiger partial charge in [0.1, 0.15) is 17.7 Å². The summed E-state index contributed by atoms with van der Waals surface area (Å²) in [6.45, 7) is 10.3. The van der Waals surface area contributed by atoms with Crippen LogP contribution in [0.4, 0.5) is 0 Å². The third-order valence-electron chi connectivity index (χ3n) is 10.2. The number of piperidine rings is 1. The summed E-state index contributed by atoms with van der Waals surface area (Å²) >= 11 is 3.81. The SMILES string of the molecule is c1coc(C2=C(c3cccs3)N=C(c3ncco3)S2(N2CCCCC2)(N2CCNCC2)(N2CCOCC2)N2CCSCC2)c1. The number of morpholine rings is 1. The number of piperazine rings is 1. The summed E-state index contributed by atoms with van der Waals surface area (Å²) in [5.41, 5.74) is 0.999. The van der Waals surface area contributed by atoms with Crippen molar-refractivity contribution >= 4 is 47.8 Å². The van der Waals surface area contributed by atoms with Crippen molar-refractivity contribution in [1.29, 1.82) is 0 Å². The van der Waals surface area contributed by atoms with E-state index in [0.29, 0.717) is 19.1 Å². The highest BCUT2D eigenvalue weighted by Gasteiger charge is 2.84. The average Bonchev–Trinajstić information content (AvgIpc) is 3.94. The number of nitrogens with one attached hydrogen (secondary N) is 1. The average molecular weight is 658 g/mol. The van der Waals surface area contributed by atoms with Gasteiger partial charge in [0.25, 0.3) is 5.89 Å². The first-order valence-electron chi connectivity index (χ1n) is 16.0. The number of hydrogen-bond donors (Lipinski definition) is 1. The standard InChI is InChI=1S/C31H43N7O3S3/c1-2-11-35(12-3-1)44(36-13-8-32-9-14-36,37-15-21-39-22-16-37,38-17-24-42-25-18-38)29(26-6-4-19-40-26)28(27-7-5-23-43-27)34-31(44)30-33-10-20-41-30/h4-7,10,19-20,23,32H,1-3,8-9,11-18,21-22,24-25H2. The van der Waals surface area contributed by atoms with Gasteiger partial charge in [0.2, 0.25) is 0 Å². The van der Waals surface area contributed by atoms with E-state index < -0.39 is 9.04 Å². The first-order valence-corrected chi connectivity index (χ1v) is 20.3. The van der Waals surface area contributed by atoms with Gasteiger partial charge in [0.15, 0.2) is 5.04 Å². The maximum absolute atomic E-state index is 6.67. The Morgan fingerprint density at radius 2 is 1.52 bits per heavy atom. The van der Waals surface area contributed by atoms with Gasteiger partial charge in [-0.3, -0.25) is 0 Å². The normalized spacial score (nSPS) is 28.6. The third-order valence-corrected chi connectivity index (χ3v) is 20.8. The molecular formula is C31H43N7O3S3. The minimum Gasteiger partial charge on any atom is -0.464 e. The molecule has 0 saturated carbocycles. The van der Waals surface area contributed by atoms with Crippen LogP contribution < -0.4 is 5.32 Å². The summed E-state index contributed by atoms with van der Waals surface area (Å²) in [6.07, 6.45) is 8.87. The van der Waals surface area contributed by atoms with Crippen LogP contribution in [0.2, 0.25) is 0 Å². The molecule has 44 heavy (non-hydrogen) atoms. The fraction of sp³-hybridized carbons (Fsp3) is 0.548. The lowest BCUT2D eigenvalue weighted by Gasteiger charge is -2.94. The molecular weight excluding hydrogens is 615 g/mol. The lowest BCUT2D eigenvalue weighted by Crippen LogP contribution is -2.82. The molecule has 0 spiro atoms. The number of thiophene rings is 1. The lowest BCUT2D eigenvalue weighted by molar-refractivity contribution is 0.0616. The number of aliphatic imine (C=N–C) groups is 1. The van der Waals surface area contributed by atoms with Crippen LogP contribution in [0.5, 0.6) is 0 Å². The molecule has 1 N–H and O–H groups in total. The number of hydrogen-bond acceptors (Lipinski definition) is 12. The number of ether oxygens (including phenoxy) is 1. The van der Waals surface area contributed by atoms with E-state index in [1.807, 2.05) is 12.3 Å². The van der Waals surface area contributed by atoms with Gasteiger partial charge >= 0.3 is 0 Å². The van der Waals surface area contributed by atoms with Crippen LogP contribution >= 0.6 is 32.1 Å². The van der Waals surface area contributed by atoms with Crippen LogP contribution in [0.1, 0.15) is 35.8 Å². The molecule has 0 unspecified atom stereocenters. The highest BCUT2D eigenvalue weighted by molar-refractivity contribution is 8.74. The summed E-state index contributed by atoms with van der Waals surface area (Å²) in [7, 11) is -4.50. The monoisotopic (exact) mass is 657 g/mol. The van der Waals surface area contributed by atoms with Gasteiger partial charge in [-0.25, -0.2) is 27.2 Å². The predicted octanol–water partition coefficient (Wildman–Crippen LogP) is 4.92. The number of aromatic nitrogens is 1. The van der Waals surface area contributed by atoms with Crippen LogP contribution in [0.15, 0.2) is 62.2 Å². The Hall–Kier alpha value is -1.94. The molecule has 0 atom stereocenters. The summed E-state index contributed by atoms with van der Waals surface area (Å²) in [4.78, 5) is 13.3. The number of thioether (sulfide) groups is 1. The molecule has 10 nitrogen and oxygen atoms in total. The number of furan rings is 1. The highest BCUT2D eigenvalue weighted by Crippen LogP contribution is 3.05. The molecule has 238 valence electrons. The van der Waals surface area contributed by atoms with E-state index in [1.54, 1.807) is 23.8 Å². The zero-order chi connectivity index (χ0) is 29.5. The minimum atomic E-state index is -4.50. The molecule has 8 heterocycles. The first kappa shape index (κ1) is 29.5. The molecule has 5 aliphatic rings. The van der Waals surface area contributed by atoms with Gasteiger partial charge < -0.3 is 18.9 Å². The van der Waals surface area contributed by atoms with Crippen molar-refractivity contribution in [2.45, 2.75) is 19.3 Å². The van der Waals surface area contributed by atoms with Crippen molar-refractivity contribution < 1.29 is 13.6 Å².